The standard InChI is InChI=1S/C23H32N4O/c1-8-10-27(11-9-2)23-24-21-20(22(28)26(23)7)18(14-25(21)6)19-16(4)12-15(3)13-17(19)5/h12-14H,8-11H2,1-7H3. The molecule has 0 saturated carbocycles. The number of rotatable bonds is 6. The Morgan fingerprint density at radius 2 is 1.57 bits per heavy atom. The summed E-state index contributed by atoms with van der Waals surface area (Å²) < 4.78 is 3.71. The van der Waals surface area contributed by atoms with Crippen molar-refractivity contribution in [2.45, 2.75) is 47.5 Å². The Hall–Kier alpha value is -2.56. The Bertz CT molecular complexity index is 1050. The topological polar surface area (TPSA) is 43.1 Å². The van der Waals surface area contributed by atoms with Crippen molar-refractivity contribution in [3.05, 3.63) is 45.4 Å². The van der Waals surface area contributed by atoms with Crippen LogP contribution in [0.3, 0.4) is 0 Å². The quantitative estimate of drug-likeness (QED) is 0.633. The van der Waals surface area contributed by atoms with Gasteiger partial charge in [-0.15, -0.1) is 0 Å². The summed E-state index contributed by atoms with van der Waals surface area (Å²) in [5.74, 6) is 0.756. The van der Waals surface area contributed by atoms with Crippen LogP contribution in [0.5, 0.6) is 0 Å². The fourth-order valence-corrected chi connectivity index (χ4v) is 4.32. The van der Waals surface area contributed by atoms with Crippen LogP contribution in [0.2, 0.25) is 0 Å². The molecule has 0 aliphatic rings. The van der Waals surface area contributed by atoms with Crippen molar-refractivity contribution in [1.82, 2.24) is 14.1 Å². The lowest BCUT2D eigenvalue weighted by Crippen LogP contribution is -2.33. The highest BCUT2D eigenvalue weighted by molar-refractivity contribution is 5.95. The first-order chi connectivity index (χ1) is 13.3. The number of anilines is 1. The van der Waals surface area contributed by atoms with Crippen LogP contribution in [-0.4, -0.2) is 27.2 Å². The minimum Gasteiger partial charge on any atom is -0.342 e. The van der Waals surface area contributed by atoms with Crippen LogP contribution in [-0.2, 0) is 14.1 Å². The van der Waals surface area contributed by atoms with Crippen LogP contribution in [0.25, 0.3) is 22.2 Å². The summed E-state index contributed by atoms with van der Waals surface area (Å²) in [4.78, 5) is 20.6. The first-order valence-electron chi connectivity index (χ1n) is 10.2. The third kappa shape index (κ3) is 3.34. The Labute approximate surface area is 167 Å². The van der Waals surface area contributed by atoms with Crippen LogP contribution in [0, 0.1) is 20.8 Å². The molecule has 0 unspecified atom stereocenters. The van der Waals surface area contributed by atoms with Crippen LogP contribution in [0.4, 0.5) is 5.95 Å². The largest absolute Gasteiger partial charge is 0.342 e. The number of benzene rings is 1. The molecule has 0 atom stereocenters. The van der Waals surface area contributed by atoms with Crippen LogP contribution in [0.15, 0.2) is 23.1 Å². The highest BCUT2D eigenvalue weighted by Gasteiger charge is 2.21. The third-order valence-corrected chi connectivity index (χ3v) is 5.39. The zero-order valence-corrected chi connectivity index (χ0v) is 18.3. The number of hydrogen-bond acceptors (Lipinski definition) is 3. The normalized spacial score (nSPS) is 11.4. The lowest BCUT2D eigenvalue weighted by atomic mass is 9.94. The summed E-state index contributed by atoms with van der Waals surface area (Å²) in [5, 5.41) is 0.705. The Balaban J connectivity index is 2.31. The van der Waals surface area contributed by atoms with E-state index in [-0.39, 0.29) is 5.56 Å². The van der Waals surface area contributed by atoms with E-state index in [9.17, 15) is 4.79 Å². The smallest absolute Gasteiger partial charge is 0.264 e. The lowest BCUT2D eigenvalue weighted by molar-refractivity contribution is 0.684. The average Bonchev–Trinajstić information content (AvgIpc) is 2.93. The van der Waals surface area contributed by atoms with Crippen molar-refractivity contribution < 1.29 is 0 Å². The number of aryl methyl sites for hydroxylation is 4. The number of aromatic nitrogens is 3. The summed E-state index contributed by atoms with van der Waals surface area (Å²) in [6, 6.07) is 4.36. The maximum Gasteiger partial charge on any atom is 0.264 e. The van der Waals surface area contributed by atoms with Crippen molar-refractivity contribution in [3.8, 4) is 11.1 Å². The van der Waals surface area contributed by atoms with Gasteiger partial charge < -0.3 is 9.47 Å². The van der Waals surface area contributed by atoms with Gasteiger partial charge in [-0.3, -0.25) is 9.36 Å². The van der Waals surface area contributed by atoms with Gasteiger partial charge in [-0.2, -0.15) is 4.98 Å². The molecule has 28 heavy (non-hydrogen) atoms. The van der Waals surface area contributed by atoms with Gasteiger partial charge in [0.15, 0.2) is 0 Å². The summed E-state index contributed by atoms with van der Waals surface area (Å²) in [6.07, 6.45) is 4.10. The maximum atomic E-state index is 13.4. The van der Waals surface area contributed by atoms with E-state index in [4.69, 9.17) is 4.98 Å². The van der Waals surface area contributed by atoms with E-state index in [2.05, 4.69) is 57.8 Å². The van der Waals surface area contributed by atoms with Crippen LogP contribution >= 0.6 is 0 Å². The van der Waals surface area contributed by atoms with Crippen molar-refractivity contribution in [1.29, 1.82) is 0 Å². The molecular weight excluding hydrogens is 348 g/mol. The summed E-state index contributed by atoms with van der Waals surface area (Å²) in [7, 11) is 3.82. The van der Waals surface area contributed by atoms with E-state index < -0.39 is 0 Å². The minimum absolute atomic E-state index is 0.0205. The second-order valence-electron chi connectivity index (χ2n) is 7.89. The van der Waals surface area contributed by atoms with E-state index in [1.54, 1.807) is 4.57 Å². The summed E-state index contributed by atoms with van der Waals surface area (Å²) >= 11 is 0. The zero-order valence-electron chi connectivity index (χ0n) is 18.3. The maximum absolute atomic E-state index is 13.4. The molecule has 2 aromatic heterocycles. The number of nitrogens with zero attached hydrogens (tertiary/aromatic N) is 4. The average molecular weight is 381 g/mol. The van der Waals surface area contributed by atoms with E-state index in [1.165, 1.54) is 16.7 Å². The molecule has 3 aromatic rings. The molecule has 0 spiro atoms. The molecule has 3 rings (SSSR count). The van der Waals surface area contributed by atoms with Gasteiger partial charge in [0.05, 0.1) is 5.39 Å². The minimum atomic E-state index is 0.0205. The fourth-order valence-electron chi connectivity index (χ4n) is 4.32. The van der Waals surface area contributed by atoms with Gasteiger partial charge in [0, 0.05) is 38.9 Å². The fraction of sp³-hybridized carbons (Fsp3) is 0.478. The van der Waals surface area contributed by atoms with Crippen LogP contribution in [0.1, 0.15) is 43.4 Å². The van der Waals surface area contributed by atoms with Crippen molar-refractivity contribution in [2.24, 2.45) is 14.1 Å². The molecule has 0 saturated heterocycles. The summed E-state index contributed by atoms with van der Waals surface area (Å²) in [6.45, 7) is 12.4. The monoisotopic (exact) mass is 380 g/mol. The molecule has 0 radical (unpaired) electrons. The van der Waals surface area contributed by atoms with Crippen molar-refractivity contribution in [3.63, 3.8) is 0 Å². The summed E-state index contributed by atoms with van der Waals surface area (Å²) in [5.41, 5.74) is 6.51. The molecule has 0 N–H and O–H groups in total. The Kier molecular flexibility index (Phi) is 5.64. The van der Waals surface area contributed by atoms with Gasteiger partial charge in [-0.1, -0.05) is 31.5 Å². The Morgan fingerprint density at radius 1 is 1.00 bits per heavy atom. The zero-order chi connectivity index (χ0) is 20.6. The van der Waals surface area contributed by atoms with Crippen molar-refractivity contribution >= 4 is 17.0 Å². The lowest BCUT2D eigenvalue weighted by Gasteiger charge is -2.24. The van der Waals surface area contributed by atoms with Gasteiger partial charge >= 0.3 is 0 Å². The van der Waals surface area contributed by atoms with Gasteiger partial charge in [-0.05, 0) is 50.3 Å². The molecule has 5 nitrogen and oxygen atoms in total. The van der Waals surface area contributed by atoms with Crippen LogP contribution < -0.4 is 10.5 Å². The number of fused-ring (bicyclic) bond motifs is 1. The third-order valence-electron chi connectivity index (χ3n) is 5.39. The van der Waals surface area contributed by atoms with E-state index in [0.29, 0.717) is 5.39 Å². The predicted octanol–water partition coefficient (Wildman–Crippen LogP) is 4.49. The molecule has 0 fully saturated rings. The van der Waals surface area contributed by atoms with E-state index >= 15 is 0 Å². The SMILES string of the molecule is CCCN(CCC)c1nc2c(c(-c3c(C)cc(C)cc3C)cn2C)c(=O)n1C. The first kappa shape index (κ1) is 20.2. The van der Waals surface area contributed by atoms with Gasteiger partial charge in [0.1, 0.15) is 5.65 Å². The predicted molar refractivity (Wildman–Crippen MR) is 118 cm³/mol. The molecule has 1 aromatic carbocycles. The van der Waals surface area contributed by atoms with Gasteiger partial charge in [0.2, 0.25) is 5.95 Å². The molecule has 0 aliphatic heterocycles. The van der Waals surface area contributed by atoms with Crippen molar-refractivity contribution in [2.75, 3.05) is 18.0 Å². The molecular formula is C23H32N4O. The molecule has 2 heterocycles. The highest BCUT2D eigenvalue weighted by Crippen LogP contribution is 2.33. The van der Waals surface area contributed by atoms with E-state index in [1.807, 2.05) is 18.7 Å². The molecule has 0 bridgehead atoms. The van der Waals surface area contributed by atoms with E-state index in [0.717, 1.165) is 48.7 Å². The highest BCUT2D eigenvalue weighted by atomic mass is 16.1. The molecule has 0 amide bonds. The molecule has 5 heteroatoms. The molecule has 150 valence electrons. The number of hydrogen-bond donors (Lipinski definition) is 0. The molecule has 0 aliphatic carbocycles. The first-order valence-corrected chi connectivity index (χ1v) is 10.2. The van der Waals surface area contributed by atoms with Gasteiger partial charge in [-0.25, -0.2) is 0 Å². The second-order valence-corrected chi connectivity index (χ2v) is 7.89. The second kappa shape index (κ2) is 7.82. The Morgan fingerprint density at radius 3 is 2.11 bits per heavy atom. The van der Waals surface area contributed by atoms with Gasteiger partial charge in [0.25, 0.3) is 5.56 Å².